The van der Waals surface area contributed by atoms with Gasteiger partial charge < -0.3 is 5.32 Å². The quantitative estimate of drug-likeness (QED) is 0.538. The van der Waals surface area contributed by atoms with Gasteiger partial charge in [0.2, 0.25) is 11.8 Å². The molecule has 2 heterocycles. The molecule has 1 fully saturated rings. The minimum absolute atomic E-state index is 0.127. The molecule has 0 saturated heterocycles. The van der Waals surface area contributed by atoms with Crippen LogP contribution in [-0.4, -0.2) is 17.9 Å². The molecule has 0 unspecified atom stereocenters. The molecule has 4 rings (SSSR count). The van der Waals surface area contributed by atoms with Gasteiger partial charge in [-0.25, -0.2) is 4.39 Å². The van der Waals surface area contributed by atoms with Crippen LogP contribution in [0.3, 0.4) is 0 Å². The predicted octanol–water partition coefficient (Wildman–Crippen LogP) is 5.32. The molecular formula is C23H23FN2O2S2. The fourth-order valence-electron chi connectivity index (χ4n) is 3.88. The standard InChI is InChI=1S/C23H23FN2O2S2/c24-16-6-3-9-18(14-16)26(21(27)15-19-10-4-12-29-19)22(20-11-5-13-30-20)23(28)25-17-7-1-2-8-17/h3-6,9-14,17,22H,1-2,7-8,15H2,(H,25,28)/t22-/m1/s1. The van der Waals surface area contributed by atoms with E-state index in [0.29, 0.717) is 5.69 Å². The Morgan fingerprint density at radius 2 is 1.83 bits per heavy atom. The van der Waals surface area contributed by atoms with Gasteiger partial charge in [0, 0.05) is 21.5 Å². The predicted molar refractivity (Wildman–Crippen MR) is 119 cm³/mol. The Labute approximate surface area is 183 Å². The van der Waals surface area contributed by atoms with Crippen molar-refractivity contribution in [2.75, 3.05) is 4.90 Å². The van der Waals surface area contributed by atoms with E-state index in [-0.39, 0.29) is 24.3 Å². The minimum atomic E-state index is -0.833. The third-order valence-electron chi connectivity index (χ3n) is 5.28. The second-order valence-electron chi connectivity index (χ2n) is 7.41. The van der Waals surface area contributed by atoms with Crippen molar-refractivity contribution in [2.45, 2.75) is 44.2 Å². The Hall–Kier alpha value is -2.51. The highest BCUT2D eigenvalue weighted by Gasteiger charge is 2.35. The molecule has 1 atom stereocenters. The van der Waals surface area contributed by atoms with E-state index in [9.17, 15) is 14.0 Å². The van der Waals surface area contributed by atoms with Crippen molar-refractivity contribution < 1.29 is 14.0 Å². The van der Waals surface area contributed by atoms with E-state index in [4.69, 9.17) is 0 Å². The zero-order valence-corrected chi connectivity index (χ0v) is 18.1. The molecular weight excluding hydrogens is 419 g/mol. The average Bonchev–Trinajstić information content (AvgIpc) is 3.49. The van der Waals surface area contributed by atoms with E-state index in [1.807, 2.05) is 35.0 Å². The summed E-state index contributed by atoms with van der Waals surface area (Å²) >= 11 is 2.92. The summed E-state index contributed by atoms with van der Waals surface area (Å²) in [6.45, 7) is 0. The molecule has 3 aromatic rings. The van der Waals surface area contributed by atoms with Crippen LogP contribution < -0.4 is 10.2 Å². The summed E-state index contributed by atoms with van der Waals surface area (Å²) in [5.74, 6) is -0.890. The molecule has 156 valence electrons. The van der Waals surface area contributed by atoms with Crippen molar-refractivity contribution in [3.63, 3.8) is 0 Å². The first kappa shape index (κ1) is 20.8. The van der Waals surface area contributed by atoms with Gasteiger partial charge in [-0.2, -0.15) is 0 Å². The van der Waals surface area contributed by atoms with Gasteiger partial charge in [0.15, 0.2) is 0 Å². The zero-order valence-electron chi connectivity index (χ0n) is 16.4. The molecule has 0 radical (unpaired) electrons. The molecule has 0 bridgehead atoms. The van der Waals surface area contributed by atoms with Gasteiger partial charge >= 0.3 is 0 Å². The van der Waals surface area contributed by atoms with Crippen molar-refractivity contribution in [1.29, 1.82) is 0 Å². The Balaban J connectivity index is 1.71. The van der Waals surface area contributed by atoms with Crippen LogP contribution in [-0.2, 0) is 16.0 Å². The summed E-state index contributed by atoms with van der Waals surface area (Å²) < 4.78 is 14.1. The van der Waals surface area contributed by atoms with E-state index in [0.717, 1.165) is 35.4 Å². The smallest absolute Gasteiger partial charge is 0.248 e. The van der Waals surface area contributed by atoms with E-state index >= 15 is 0 Å². The number of benzene rings is 1. The summed E-state index contributed by atoms with van der Waals surface area (Å²) in [7, 11) is 0. The Morgan fingerprint density at radius 3 is 2.50 bits per heavy atom. The van der Waals surface area contributed by atoms with E-state index in [1.54, 1.807) is 12.1 Å². The number of thiophene rings is 2. The fourth-order valence-corrected chi connectivity index (χ4v) is 5.39. The van der Waals surface area contributed by atoms with E-state index < -0.39 is 11.9 Å². The molecule has 1 N–H and O–H groups in total. The van der Waals surface area contributed by atoms with Crippen molar-refractivity contribution in [3.05, 3.63) is 74.9 Å². The number of amides is 2. The van der Waals surface area contributed by atoms with E-state index in [1.165, 1.54) is 39.7 Å². The van der Waals surface area contributed by atoms with Gasteiger partial charge in [0.25, 0.3) is 0 Å². The molecule has 2 amide bonds. The highest BCUT2D eigenvalue weighted by Crippen LogP contribution is 2.32. The normalized spacial score (nSPS) is 15.1. The number of carbonyl (C=O) groups is 2. The molecule has 1 aliphatic rings. The number of anilines is 1. The molecule has 4 nitrogen and oxygen atoms in total. The first-order chi connectivity index (χ1) is 14.6. The third-order valence-corrected chi connectivity index (χ3v) is 7.08. The van der Waals surface area contributed by atoms with Crippen LogP contribution in [0.25, 0.3) is 0 Å². The second kappa shape index (κ2) is 9.53. The highest BCUT2D eigenvalue weighted by molar-refractivity contribution is 7.10. The molecule has 0 spiro atoms. The lowest BCUT2D eigenvalue weighted by Gasteiger charge is -2.31. The summed E-state index contributed by atoms with van der Waals surface area (Å²) in [4.78, 5) is 30.0. The molecule has 30 heavy (non-hydrogen) atoms. The number of carbonyl (C=O) groups excluding carboxylic acids is 2. The monoisotopic (exact) mass is 442 g/mol. The van der Waals surface area contributed by atoms with Crippen LogP contribution in [0.5, 0.6) is 0 Å². The maximum Gasteiger partial charge on any atom is 0.248 e. The summed E-state index contributed by atoms with van der Waals surface area (Å²) in [5, 5.41) is 6.93. The Morgan fingerprint density at radius 1 is 1.07 bits per heavy atom. The average molecular weight is 443 g/mol. The lowest BCUT2D eigenvalue weighted by molar-refractivity contribution is -0.126. The number of nitrogens with one attached hydrogen (secondary N) is 1. The summed E-state index contributed by atoms with van der Waals surface area (Å²) in [6, 6.07) is 12.7. The maximum atomic E-state index is 14.1. The van der Waals surface area contributed by atoms with Crippen LogP contribution in [0.15, 0.2) is 59.3 Å². The number of rotatable bonds is 7. The van der Waals surface area contributed by atoms with E-state index in [2.05, 4.69) is 5.32 Å². The first-order valence-electron chi connectivity index (χ1n) is 10.1. The topological polar surface area (TPSA) is 49.4 Å². The largest absolute Gasteiger partial charge is 0.351 e. The molecule has 1 aliphatic carbocycles. The number of hydrogen-bond acceptors (Lipinski definition) is 4. The van der Waals surface area contributed by atoms with Crippen molar-refractivity contribution >= 4 is 40.2 Å². The SMILES string of the molecule is O=C(NC1CCCC1)[C@@H](c1cccs1)N(C(=O)Cc1cccs1)c1cccc(F)c1. The van der Waals surface area contributed by atoms with Gasteiger partial charge in [-0.3, -0.25) is 14.5 Å². The number of halogens is 1. The van der Waals surface area contributed by atoms with Gasteiger partial charge in [0.1, 0.15) is 11.9 Å². The molecule has 7 heteroatoms. The van der Waals surface area contributed by atoms with Crippen LogP contribution in [0.1, 0.15) is 41.5 Å². The zero-order chi connectivity index (χ0) is 20.9. The number of hydrogen-bond donors (Lipinski definition) is 1. The highest BCUT2D eigenvalue weighted by atomic mass is 32.1. The Kier molecular flexibility index (Phi) is 6.59. The summed E-state index contributed by atoms with van der Waals surface area (Å²) in [5.41, 5.74) is 0.386. The number of nitrogens with zero attached hydrogens (tertiary/aromatic N) is 1. The Bertz CT molecular complexity index is 983. The van der Waals surface area contributed by atoms with Crippen molar-refractivity contribution in [2.24, 2.45) is 0 Å². The lowest BCUT2D eigenvalue weighted by atomic mass is 10.1. The second-order valence-corrected chi connectivity index (χ2v) is 9.42. The molecule has 1 aromatic carbocycles. The molecule has 1 saturated carbocycles. The molecule has 0 aliphatic heterocycles. The van der Waals surface area contributed by atoms with Crippen LogP contribution in [0.4, 0.5) is 10.1 Å². The van der Waals surface area contributed by atoms with Crippen LogP contribution in [0, 0.1) is 5.82 Å². The van der Waals surface area contributed by atoms with Crippen LogP contribution in [0.2, 0.25) is 0 Å². The lowest BCUT2D eigenvalue weighted by Crippen LogP contribution is -2.46. The third kappa shape index (κ3) is 4.79. The van der Waals surface area contributed by atoms with Crippen molar-refractivity contribution in [1.82, 2.24) is 5.32 Å². The van der Waals surface area contributed by atoms with Crippen molar-refractivity contribution in [3.8, 4) is 0 Å². The molecule has 2 aromatic heterocycles. The minimum Gasteiger partial charge on any atom is -0.351 e. The maximum absolute atomic E-state index is 14.1. The summed E-state index contributed by atoms with van der Waals surface area (Å²) in [6.07, 6.45) is 4.25. The van der Waals surface area contributed by atoms with Crippen LogP contribution >= 0.6 is 22.7 Å². The van der Waals surface area contributed by atoms with Gasteiger partial charge in [-0.05, 0) is 53.9 Å². The van der Waals surface area contributed by atoms with Gasteiger partial charge in [0.05, 0.1) is 6.42 Å². The van der Waals surface area contributed by atoms with Gasteiger partial charge in [-0.15, -0.1) is 22.7 Å². The van der Waals surface area contributed by atoms with Gasteiger partial charge in [-0.1, -0.05) is 31.0 Å². The fraction of sp³-hybridized carbons (Fsp3) is 0.304. The first-order valence-corrected chi connectivity index (χ1v) is 11.8.